The van der Waals surface area contributed by atoms with Gasteiger partial charge in [-0.15, -0.1) is 0 Å². The topological polar surface area (TPSA) is 116 Å². The Hall–Kier alpha value is -2.46. The van der Waals surface area contributed by atoms with E-state index >= 15 is 0 Å². The molecule has 10 heteroatoms. The van der Waals surface area contributed by atoms with Crippen molar-refractivity contribution in [1.82, 2.24) is 14.5 Å². The predicted octanol–water partition coefficient (Wildman–Crippen LogP) is 1.07. The summed E-state index contributed by atoms with van der Waals surface area (Å²) in [5.41, 5.74) is 1.70. The van der Waals surface area contributed by atoms with Crippen molar-refractivity contribution in [2.24, 2.45) is 5.92 Å². The summed E-state index contributed by atoms with van der Waals surface area (Å²) in [6.45, 7) is 6.64. The van der Waals surface area contributed by atoms with Crippen molar-refractivity contribution in [3.8, 4) is 0 Å². The number of urea groups is 1. The summed E-state index contributed by atoms with van der Waals surface area (Å²) in [4.78, 5) is 37.7. The van der Waals surface area contributed by atoms with Crippen molar-refractivity contribution in [3.05, 3.63) is 23.3 Å². The van der Waals surface area contributed by atoms with Crippen LogP contribution in [0.25, 0.3) is 0 Å². The number of sulfonamides is 1. The fourth-order valence-corrected chi connectivity index (χ4v) is 3.81. The highest BCUT2D eigenvalue weighted by molar-refractivity contribution is 7.89. The van der Waals surface area contributed by atoms with E-state index < -0.39 is 40.5 Å². The second-order valence-corrected chi connectivity index (χ2v) is 9.50. The molecular formula is C18H26N4O5S. The Balaban J connectivity index is 2.24. The molecule has 0 spiro atoms. The van der Waals surface area contributed by atoms with Gasteiger partial charge in [-0.3, -0.25) is 14.5 Å². The van der Waals surface area contributed by atoms with E-state index in [4.69, 9.17) is 0 Å². The summed E-state index contributed by atoms with van der Waals surface area (Å²) >= 11 is 0. The van der Waals surface area contributed by atoms with Crippen LogP contribution in [0.5, 0.6) is 0 Å². The number of rotatable bonds is 6. The van der Waals surface area contributed by atoms with E-state index in [-0.39, 0.29) is 10.8 Å². The lowest BCUT2D eigenvalue weighted by atomic mass is 10.1. The Morgan fingerprint density at radius 2 is 1.86 bits per heavy atom. The summed E-state index contributed by atoms with van der Waals surface area (Å²) in [5, 5.41) is 5.18. The van der Waals surface area contributed by atoms with Gasteiger partial charge in [-0.2, -0.15) is 0 Å². The zero-order chi connectivity index (χ0) is 21.4. The van der Waals surface area contributed by atoms with Gasteiger partial charge in [0, 0.05) is 19.8 Å². The standard InChI is InChI=1S/C18H26N4O5S/c1-10(2)16-17(24)22(18(25)20-16)9-15(23)19-14-8-13(7-11(3)12(14)4)28(26,27)21(5)6/h7-8,10,16H,9H2,1-6H3,(H,19,23)(H,20,25). The molecule has 0 aromatic heterocycles. The second kappa shape index (κ2) is 7.88. The molecule has 4 amide bonds. The number of carbonyl (C=O) groups is 3. The predicted molar refractivity (Wildman–Crippen MR) is 104 cm³/mol. The van der Waals surface area contributed by atoms with Crippen molar-refractivity contribution in [2.45, 2.75) is 38.6 Å². The maximum atomic E-state index is 12.4. The van der Waals surface area contributed by atoms with E-state index in [1.54, 1.807) is 27.7 Å². The van der Waals surface area contributed by atoms with Gasteiger partial charge in [0.15, 0.2) is 0 Å². The van der Waals surface area contributed by atoms with Gasteiger partial charge in [-0.1, -0.05) is 13.8 Å². The van der Waals surface area contributed by atoms with Gasteiger partial charge in [0.25, 0.3) is 5.91 Å². The molecule has 1 atom stereocenters. The van der Waals surface area contributed by atoms with Crippen molar-refractivity contribution >= 4 is 33.6 Å². The minimum atomic E-state index is -3.68. The van der Waals surface area contributed by atoms with Crippen molar-refractivity contribution < 1.29 is 22.8 Å². The Morgan fingerprint density at radius 3 is 2.36 bits per heavy atom. The first-order valence-corrected chi connectivity index (χ1v) is 10.3. The molecule has 1 heterocycles. The average Bonchev–Trinajstić information content (AvgIpc) is 2.86. The molecule has 9 nitrogen and oxygen atoms in total. The summed E-state index contributed by atoms with van der Waals surface area (Å²) < 4.78 is 25.9. The molecule has 2 N–H and O–H groups in total. The first-order chi connectivity index (χ1) is 12.9. The molecule has 1 fully saturated rings. The summed E-state index contributed by atoms with van der Waals surface area (Å²) in [7, 11) is -0.834. The number of nitrogens with one attached hydrogen (secondary N) is 2. The lowest BCUT2D eigenvalue weighted by molar-refractivity contribution is -0.131. The molecule has 28 heavy (non-hydrogen) atoms. The third-order valence-electron chi connectivity index (χ3n) is 4.72. The number of anilines is 1. The maximum Gasteiger partial charge on any atom is 0.325 e. The minimum absolute atomic E-state index is 0.0470. The quantitative estimate of drug-likeness (QED) is 0.681. The number of carbonyl (C=O) groups excluding carboxylic acids is 3. The van der Waals surface area contributed by atoms with Gasteiger partial charge >= 0.3 is 6.03 Å². The number of nitrogens with zero attached hydrogens (tertiary/aromatic N) is 2. The first kappa shape index (κ1) is 21.8. The largest absolute Gasteiger partial charge is 0.326 e. The van der Waals surface area contributed by atoms with Crippen LogP contribution in [0.15, 0.2) is 17.0 Å². The smallest absolute Gasteiger partial charge is 0.325 e. The molecule has 1 aromatic carbocycles. The van der Waals surface area contributed by atoms with Crippen LogP contribution in [-0.4, -0.2) is 62.2 Å². The van der Waals surface area contributed by atoms with Crippen LogP contribution in [-0.2, 0) is 19.6 Å². The minimum Gasteiger partial charge on any atom is -0.326 e. The molecule has 0 radical (unpaired) electrons. The van der Waals surface area contributed by atoms with Crippen molar-refractivity contribution in [2.75, 3.05) is 26.0 Å². The van der Waals surface area contributed by atoms with Crippen LogP contribution in [0.4, 0.5) is 10.5 Å². The van der Waals surface area contributed by atoms with Crippen LogP contribution in [0, 0.1) is 19.8 Å². The molecule has 2 rings (SSSR count). The lowest BCUT2D eigenvalue weighted by Gasteiger charge is -2.18. The molecule has 1 unspecified atom stereocenters. The van der Waals surface area contributed by atoms with E-state index in [0.717, 1.165) is 9.21 Å². The second-order valence-electron chi connectivity index (χ2n) is 7.34. The molecule has 1 saturated heterocycles. The number of benzene rings is 1. The molecule has 1 aliphatic rings. The Bertz CT molecular complexity index is 924. The van der Waals surface area contributed by atoms with E-state index in [1.807, 2.05) is 0 Å². The molecule has 0 aliphatic carbocycles. The SMILES string of the molecule is Cc1cc(S(=O)(=O)N(C)C)cc(NC(=O)CN2C(=O)NC(C(C)C)C2=O)c1C. The van der Waals surface area contributed by atoms with Crippen LogP contribution >= 0.6 is 0 Å². The summed E-state index contributed by atoms with van der Waals surface area (Å²) in [5.74, 6) is -1.14. The molecule has 1 aromatic rings. The van der Waals surface area contributed by atoms with Gasteiger partial charge in [0.2, 0.25) is 15.9 Å². The number of aryl methyl sites for hydroxylation is 1. The lowest BCUT2D eigenvalue weighted by Crippen LogP contribution is -2.39. The monoisotopic (exact) mass is 410 g/mol. The fourth-order valence-electron chi connectivity index (χ4n) is 2.79. The highest BCUT2D eigenvalue weighted by Gasteiger charge is 2.40. The summed E-state index contributed by atoms with van der Waals surface area (Å²) in [6.07, 6.45) is 0. The van der Waals surface area contributed by atoms with E-state index in [2.05, 4.69) is 10.6 Å². The third kappa shape index (κ3) is 4.17. The number of amides is 4. The van der Waals surface area contributed by atoms with Crippen molar-refractivity contribution in [1.29, 1.82) is 0 Å². The fraction of sp³-hybridized carbons (Fsp3) is 0.500. The molecule has 0 bridgehead atoms. The highest BCUT2D eigenvalue weighted by Crippen LogP contribution is 2.25. The first-order valence-electron chi connectivity index (χ1n) is 8.81. The number of hydrogen-bond donors (Lipinski definition) is 2. The maximum absolute atomic E-state index is 12.4. The van der Waals surface area contributed by atoms with E-state index in [0.29, 0.717) is 16.8 Å². The van der Waals surface area contributed by atoms with Gasteiger partial charge in [-0.25, -0.2) is 17.5 Å². The zero-order valence-electron chi connectivity index (χ0n) is 16.9. The zero-order valence-corrected chi connectivity index (χ0v) is 17.7. The Labute approximate surface area is 165 Å². The summed E-state index contributed by atoms with van der Waals surface area (Å²) in [6, 6.07) is 1.64. The Kier molecular flexibility index (Phi) is 6.15. The van der Waals surface area contributed by atoms with Gasteiger partial charge in [-0.05, 0) is 43.0 Å². The van der Waals surface area contributed by atoms with Gasteiger partial charge in [0.1, 0.15) is 12.6 Å². The van der Waals surface area contributed by atoms with Crippen molar-refractivity contribution in [3.63, 3.8) is 0 Å². The van der Waals surface area contributed by atoms with Crippen LogP contribution in [0.1, 0.15) is 25.0 Å². The molecule has 0 saturated carbocycles. The highest BCUT2D eigenvalue weighted by atomic mass is 32.2. The number of imide groups is 1. The molecular weight excluding hydrogens is 384 g/mol. The normalized spacial score (nSPS) is 17.4. The third-order valence-corrected chi connectivity index (χ3v) is 6.51. The van der Waals surface area contributed by atoms with E-state index in [9.17, 15) is 22.8 Å². The van der Waals surface area contributed by atoms with Crippen LogP contribution in [0.3, 0.4) is 0 Å². The van der Waals surface area contributed by atoms with Gasteiger partial charge in [0.05, 0.1) is 4.90 Å². The van der Waals surface area contributed by atoms with E-state index in [1.165, 1.54) is 26.2 Å². The molecule has 154 valence electrons. The van der Waals surface area contributed by atoms with Crippen LogP contribution < -0.4 is 10.6 Å². The average molecular weight is 410 g/mol. The van der Waals surface area contributed by atoms with Crippen LogP contribution in [0.2, 0.25) is 0 Å². The van der Waals surface area contributed by atoms with Gasteiger partial charge < -0.3 is 10.6 Å². The Morgan fingerprint density at radius 1 is 1.25 bits per heavy atom. The molecule has 1 aliphatic heterocycles. The number of hydrogen-bond acceptors (Lipinski definition) is 5.